The lowest BCUT2D eigenvalue weighted by Gasteiger charge is -2.09. The van der Waals surface area contributed by atoms with E-state index in [0.29, 0.717) is 42.0 Å². The Kier molecular flexibility index (Phi) is 7.15. The Labute approximate surface area is 171 Å². The van der Waals surface area contributed by atoms with Gasteiger partial charge in [-0.05, 0) is 22.9 Å². The molecule has 3 aromatic rings. The van der Waals surface area contributed by atoms with Crippen molar-refractivity contribution in [3.63, 3.8) is 0 Å². The minimum absolute atomic E-state index is 0. The highest BCUT2D eigenvalue weighted by Crippen LogP contribution is 2.17. The number of amidine groups is 1. The molecule has 0 aliphatic rings. The van der Waals surface area contributed by atoms with Crippen molar-refractivity contribution in [3.05, 3.63) is 57.6 Å². The van der Waals surface area contributed by atoms with Crippen LogP contribution in [0.25, 0.3) is 11.3 Å². The van der Waals surface area contributed by atoms with E-state index in [4.69, 9.17) is 11.1 Å². The Morgan fingerprint density at radius 1 is 1.31 bits per heavy atom. The molecule has 11 nitrogen and oxygen atoms in total. The molecule has 3 rings (SSSR count). The molecule has 1 aromatic carbocycles. The SMILES string of the molecule is Cl.Cn1nc(-c2ccc(C(=N)N)cc2)cc(C(=O)NCCCc2nnn[nH]2)c1=O. The number of amides is 1. The number of aromatic nitrogens is 6. The molecule has 0 spiro atoms. The van der Waals surface area contributed by atoms with Crippen molar-refractivity contribution in [2.45, 2.75) is 12.8 Å². The summed E-state index contributed by atoms with van der Waals surface area (Å²) < 4.78 is 1.13. The van der Waals surface area contributed by atoms with Gasteiger partial charge in [0.15, 0.2) is 0 Å². The number of nitrogens with zero attached hydrogens (tertiary/aromatic N) is 5. The summed E-state index contributed by atoms with van der Waals surface area (Å²) in [5.41, 5.74) is 6.72. The largest absolute Gasteiger partial charge is 0.384 e. The van der Waals surface area contributed by atoms with Gasteiger partial charge in [0.1, 0.15) is 17.2 Å². The number of aromatic amines is 1. The fraction of sp³-hybridized carbons (Fsp3) is 0.235. The van der Waals surface area contributed by atoms with E-state index in [2.05, 4.69) is 31.0 Å². The van der Waals surface area contributed by atoms with Crippen LogP contribution in [0.3, 0.4) is 0 Å². The molecule has 0 aliphatic carbocycles. The molecule has 0 bridgehead atoms. The molecule has 152 valence electrons. The maximum atomic E-state index is 12.5. The van der Waals surface area contributed by atoms with Gasteiger partial charge in [-0.3, -0.25) is 15.0 Å². The van der Waals surface area contributed by atoms with Crippen LogP contribution in [0, 0.1) is 5.41 Å². The van der Waals surface area contributed by atoms with Crippen molar-refractivity contribution in [3.8, 4) is 11.3 Å². The molecule has 0 radical (unpaired) electrons. The second-order valence-electron chi connectivity index (χ2n) is 6.07. The van der Waals surface area contributed by atoms with E-state index in [-0.39, 0.29) is 23.8 Å². The predicted octanol–water partition coefficient (Wildman–Crippen LogP) is 0.0289. The highest BCUT2D eigenvalue weighted by Gasteiger charge is 2.15. The fourth-order valence-electron chi connectivity index (χ4n) is 2.57. The summed E-state index contributed by atoms with van der Waals surface area (Å²) in [7, 11) is 1.49. The molecule has 2 heterocycles. The zero-order valence-electron chi connectivity index (χ0n) is 15.5. The Balaban J connectivity index is 0.00000300. The molecule has 2 aromatic heterocycles. The van der Waals surface area contributed by atoms with Gasteiger partial charge in [0.2, 0.25) is 0 Å². The monoisotopic (exact) mass is 417 g/mol. The molecular formula is C17H20ClN9O2. The molecule has 0 atom stereocenters. The number of hydrogen-bond acceptors (Lipinski definition) is 7. The molecule has 1 amide bonds. The van der Waals surface area contributed by atoms with E-state index in [9.17, 15) is 9.59 Å². The van der Waals surface area contributed by atoms with E-state index >= 15 is 0 Å². The average molecular weight is 418 g/mol. The number of carbonyl (C=O) groups excluding carboxylic acids is 1. The van der Waals surface area contributed by atoms with Gasteiger partial charge in [0.25, 0.3) is 11.5 Å². The third-order valence-corrected chi connectivity index (χ3v) is 4.06. The number of tetrazole rings is 1. The van der Waals surface area contributed by atoms with Gasteiger partial charge in [0.05, 0.1) is 5.69 Å². The van der Waals surface area contributed by atoms with E-state index in [1.165, 1.54) is 13.1 Å². The number of carbonyl (C=O) groups is 1. The first kappa shape index (κ1) is 21.7. The molecule has 12 heteroatoms. The summed E-state index contributed by atoms with van der Waals surface area (Å²) in [4.78, 5) is 24.8. The van der Waals surface area contributed by atoms with Crippen LogP contribution in [0.4, 0.5) is 0 Å². The maximum absolute atomic E-state index is 12.5. The van der Waals surface area contributed by atoms with Crippen molar-refractivity contribution in [2.75, 3.05) is 6.54 Å². The summed E-state index contributed by atoms with van der Waals surface area (Å²) in [5, 5.41) is 27.7. The lowest BCUT2D eigenvalue weighted by molar-refractivity contribution is 0.0950. The van der Waals surface area contributed by atoms with Gasteiger partial charge in [-0.25, -0.2) is 9.78 Å². The first-order valence-corrected chi connectivity index (χ1v) is 8.49. The summed E-state index contributed by atoms with van der Waals surface area (Å²) in [5.74, 6) is 0.117. The number of H-pyrrole nitrogens is 1. The second-order valence-corrected chi connectivity index (χ2v) is 6.07. The first-order chi connectivity index (χ1) is 13.5. The average Bonchev–Trinajstić information content (AvgIpc) is 3.20. The zero-order chi connectivity index (χ0) is 20.1. The molecule has 0 saturated carbocycles. The summed E-state index contributed by atoms with van der Waals surface area (Å²) in [6.07, 6.45) is 1.20. The highest BCUT2D eigenvalue weighted by molar-refractivity contribution is 5.96. The van der Waals surface area contributed by atoms with Crippen LogP contribution in [0.15, 0.2) is 35.1 Å². The molecule has 0 saturated heterocycles. The van der Waals surface area contributed by atoms with E-state index in [1.807, 2.05) is 0 Å². The Hall–Kier alpha value is -3.60. The lowest BCUT2D eigenvalue weighted by atomic mass is 10.1. The molecule has 0 fully saturated rings. The second kappa shape index (κ2) is 9.55. The predicted molar refractivity (Wildman–Crippen MR) is 108 cm³/mol. The number of hydrogen-bond donors (Lipinski definition) is 4. The van der Waals surface area contributed by atoms with Crippen LogP contribution in [-0.2, 0) is 13.5 Å². The van der Waals surface area contributed by atoms with Crippen molar-refractivity contribution < 1.29 is 4.79 Å². The third kappa shape index (κ3) is 5.23. The van der Waals surface area contributed by atoms with Gasteiger partial charge in [-0.1, -0.05) is 24.3 Å². The van der Waals surface area contributed by atoms with Crippen molar-refractivity contribution in [1.82, 2.24) is 35.7 Å². The van der Waals surface area contributed by atoms with Crippen molar-refractivity contribution in [1.29, 1.82) is 5.41 Å². The molecule has 0 unspecified atom stereocenters. The van der Waals surface area contributed by atoms with Crippen LogP contribution < -0.4 is 16.6 Å². The Bertz CT molecular complexity index is 1050. The van der Waals surface area contributed by atoms with Crippen LogP contribution in [0.5, 0.6) is 0 Å². The van der Waals surface area contributed by atoms with Gasteiger partial charge in [-0.15, -0.1) is 17.5 Å². The van der Waals surface area contributed by atoms with Crippen LogP contribution in [0.1, 0.15) is 28.2 Å². The molecular weight excluding hydrogens is 398 g/mol. The van der Waals surface area contributed by atoms with E-state index in [0.717, 1.165) is 4.68 Å². The minimum Gasteiger partial charge on any atom is -0.384 e. The summed E-state index contributed by atoms with van der Waals surface area (Å²) in [6, 6.07) is 8.29. The number of aryl methyl sites for hydroxylation is 2. The smallest absolute Gasteiger partial charge is 0.279 e. The van der Waals surface area contributed by atoms with Crippen molar-refractivity contribution >= 4 is 24.1 Å². The standard InChI is InChI=1S/C17H19N9O2.ClH/c1-26-17(28)12(16(27)20-8-2-3-14-21-24-25-22-14)9-13(23-26)10-4-6-11(7-5-10)15(18)19;/h4-7,9H,2-3,8H2,1H3,(H3,18,19)(H,20,27)(H,21,22,24,25);1H. The fourth-order valence-corrected chi connectivity index (χ4v) is 2.57. The topological polar surface area (TPSA) is 168 Å². The number of nitrogens with one attached hydrogen (secondary N) is 3. The van der Waals surface area contributed by atoms with Crippen molar-refractivity contribution in [2.24, 2.45) is 12.8 Å². The van der Waals surface area contributed by atoms with Gasteiger partial charge < -0.3 is 11.1 Å². The molecule has 0 aliphatic heterocycles. The maximum Gasteiger partial charge on any atom is 0.279 e. The quantitative estimate of drug-likeness (QED) is 0.239. The first-order valence-electron chi connectivity index (χ1n) is 8.49. The van der Waals surface area contributed by atoms with Crippen LogP contribution in [0.2, 0.25) is 0 Å². The number of nitrogens with two attached hydrogens (primary N) is 1. The normalized spacial score (nSPS) is 10.2. The zero-order valence-corrected chi connectivity index (χ0v) is 16.4. The van der Waals surface area contributed by atoms with E-state index < -0.39 is 11.5 Å². The number of rotatable bonds is 7. The van der Waals surface area contributed by atoms with Gasteiger partial charge >= 0.3 is 0 Å². The highest BCUT2D eigenvalue weighted by atomic mass is 35.5. The number of benzene rings is 1. The number of nitrogen functional groups attached to an aromatic ring is 1. The molecule has 5 N–H and O–H groups in total. The molecule has 29 heavy (non-hydrogen) atoms. The van der Waals surface area contributed by atoms with Crippen LogP contribution in [-0.4, -0.2) is 48.7 Å². The third-order valence-electron chi connectivity index (χ3n) is 4.06. The summed E-state index contributed by atoms with van der Waals surface area (Å²) in [6.45, 7) is 0.369. The Morgan fingerprint density at radius 3 is 2.66 bits per heavy atom. The van der Waals surface area contributed by atoms with Crippen LogP contribution >= 0.6 is 12.4 Å². The van der Waals surface area contributed by atoms with Gasteiger partial charge in [0, 0.05) is 31.1 Å². The Morgan fingerprint density at radius 2 is 2.03 bits per heavy atom. The van der Waals surface area contributed by atoms with Gasteiger partial charge in [-0.2, -0.15) is 5.10 Å². The summed E-state index contributed by atoms with van der Waals surface area (Å²) >= 11 is 0. The number of halogens is 1. The van der Waals surface area contributed by atoms with E-state index in [1.54, 1.807) is 24.3 Å². The lowest BCUT2D eigenvalue weighted by Crippen LogP contribution is -2.34. The minimum atomic E-state index is -0.485.